The molecule has 0 N–H and O–H groups in total. The zero-order chi connectivity index (χ0) is 9.97. The molecule has 2 heteroatoms. The SMILES string of the molecule is CC(=O)Oc1ccc2c(c1)CC[C]=C2. The van der Waals surface area contributed by atoms with Gasteiger partial charge in [0.05, 0.1) is 0 Å². The number of rotatable bonds is 1. The molecule has 2 nitrogen and oxygen atoms in total. The van der Waals surface area contributed by atoms with Gasteiger partial charge < -0.3 is 4.74 Å². The smallest absolute Gasteiger partial charge is 0.308 e. The number of allylic oxidation sites excluding steroid dienone is 1. The van der Waals surface area contributed by atoms with Gasteiger partial charge in [-0.25, -0.2) is 0 Å². The van der Waals surface area contributed by atoms with Crippen LogP contribution in [-0.4, -0.2) is 5.97 Å². The van der Waals surface area contributed by atoms with Crippen molar-refractivity contribution in [1.29, 1.82) is 0 Å². The fourth-order valence-corrected chi connectivity index (χ4v) is 1.56. The maximum Gasteiger partial charge on any atom is 0.308 e. The number of ether oxygens (including phenoxy) is 1. The monoisotopic (exact) mass is 187 g/mol. The highest BCUT2D eigenvalue weighted by Crippen LogP contribution is 2.23. The number of carbonyl (C=O) groups is 1. The fourth-order valence-electron chi connectivity index (χ4n) is 1.56. The van der Waals surface area contributed by atoms with Crippen LogP contribution in [0, 0.1) is 6.08 Å². The summed E-state index contributed by atoms with van der Waals surface area (Å²) in [5.41, 5.74) is 2.40. The molecule has 14 heavy (non-hydrogen) atoms. The van der Waals surface area contributed by atoms with Gasteiger partial charge in [-0.05, 0) is 42.2 Å². The number of fused-ring (bicyclic) bond motifs is 1. The molecule has 0 heterocycles. The predicted molar refractivity (Wildman–Crippen MR) is 53.8 cm³/mol. The van der Waals surface area contributed by atoms with Crippen molar-refractivity contribution in [2.75, 3.05) is 0 Å². The van der Waals surface area contributed by atoms with Crippen molar-refractivity contribution in [3.63, 3.8) is 0 Å². The van der Waals surface area contributed by atoms with E-state index in [1.165, 1.54) is 18.1 Å². The van der Waals surface area contributed by atoms with Crippen molar-refractivity contribution in [1.82, 2.24) is 0 Å². The second-order valence-corrected chi connectivity index (χ2v) is 3.30. The number of hydrogen-bond donors (Lipinski definition) is 0. The molecule has 0 saturated carbocycles. The van der Waals surface area contributed by atoms with E-state index in [1.807, 2.05) is 24.3 Å². The van der Waals surface area contributed by atoms with Crippen molar-refractivity contribution in [3.05, 3.63) is 35.4 Å². The molecule has 0 saturated heterocycles. The summed E-state index contributed by atoms with van der Waals surface area (Å²) in [5.74, 6) is 0.356. The molecule has 0 spiro atoms. The molecule has 1 aromatic rings. The van der Waals surface area contributed by atoms with Gasteiger partial charge in [-0.2, -0.15) is 0 Å². The Morgan fingerprint density at radius 2 is 2.36 bits per heavy atom. The third-order valence-corrected chi connectivity index (χ3v) is 2.17. The van der Waals surface area contributed by atoms with Crippen molar-refractivity contribution in [2.45, 2.75) is 19.8 Å². The first kappa shape index (κ1) is 9.00. The van der Waals surface area contributed by atoms with Crippen molar-refractivity contribution in [3.8, 4) is 5.75 Å². The van der Waals surface area contributed by atoms with Crippen LogP contribution in [0.3, 0.4) is 0 Å². The standard InChI is InChI=1S/C12H11O2/c1-9(13)14-12-7-6-10-4-2-3-5-11(10)8-12/h4,6-8H,3,5H2,1H3. The van der Waals surface area contributed by atoms with Gasteiger partial charge in [0.25, 0.3) is 0 Å². The molecule has 0 fully saturated rings. The maximum absolute atomic E-state index is 10.7. The molecule has 1 aliphatic carbocycles. The Bertz CT molecular complexity index is 391. The van der Waals surface area contributed by atoms with Crippen molar-refractivity contribution >= 4 is 12.0 Å². The molecular weight excluding hydrogens is 176 g/mol. The van der Waals surface area contributed by atoms with E-state index < -0.39 is 0 Å². The summed E-state index contributed by atoms with van der Waals surface area (Å²) in [6, 6.07) is 5.69. The lowest BCUT2D eigenvalue weighted by Gasteiger charge is -2.11. The lowest BCUT2D eigenvalue weighted by molar-refractivity contribution is -0.131. The van der Waals surface area contributed by atoms with Gasteiger partial charge >= 0.3 is 5.97 Å². The molecule has 1 radical (unpaired) electrons. The fraction of sp³-hybridized carbons (Fsp3) is 0.250. The average molecular weight is 187 g/mol. The van der Waals surface area contributed by atoms with E-state index in [9.17, 15) is 4.79 Å². The third-order valence-electron chi connectivity index (χ3n) is 2.17. The number of benzene rings is 1. The number of carbonyl (C=O) groups excluding carboxylic acids is 1. The van der Waals surface area contributed by atoms with E-state index >= 15 is 0 Å². The van der Waals surface area contributed by atoms with E-state index in [0.717, 1.165) is 12.8 Å². The minimum atomic E-state index is -0.275. The highest BCUT2D eigenvalue weighted by Gasteiger charge is 2.06. The summed E-state index contributed by atoms with van der Waals surface area (Å²) in [5, 5.41) is 0. The maximum atomic E-state index is 10.7. The van der Waals surface area contributed by atoms with Gasteiger partial charge in [0, 0.05) is 6.92 Å². The average Bonchev–Trinajstić information content (AvgIpc) is 2.17. The Kier molecular flexibility index (Phi) is 2.35. The highest BCUT2D eigenvalue weighted by atomic mass is 16.5. The predicted octanol–water partition coefficient (Wildman–Crippen LogP) is 2.37. The summed E-state index contributed by atoms with van der Waals surface area (Å²) in [7, 11) is 0. The van der Waals surface area contributed by atoms with Gasteiger partial charge in [-0.3, -0.25) is 4.79 Å². The van der Waals surface area contributed by atoms with Crippen LogP contribution in [-0.2, 0) is 11.2 Å². The van der Waals surface area contributed by atoms with Crippen LogP contribution < -0.4 is 4.74 Å². The zero-order valence-electron chi connectivity index (χ0n) is 8.04. The van der Waals surface area contributed by atoms with E-state index in [4.69, 9.17) is 4.74 Å². The van der Waals surface area contributed by atoms with E-state index in [1.54, 1.807) is 0 Å². The van der Waals surface area contributed by atoms with Gasteiger partial charge in [-0.15, -0.1) is 0 Å². The molecule has 0 atom stereocenters. The van der Waals surface area contributed by atoms with Gasteiger partial charge in [0.2, 0.25) is 0 Å². The second-order valence-electron chi connectivity index (χ2n) is 3.30. The first-order valence-electron chi connectivity index (χ1n) is 4.63. The molecule has 2 rings (SSSR count). The number of aryl methyl sites for hydroxylation is 1. The van der Waals surface area contributed by atoms with Crippen LogP contribution in [0.1, 0.15) is 24.5 Å². The molecule has 0 aliphatic heterocycles. The van der Waals surface area contributed by atoms with Gasteiger partial charge in [-0.1, -0.05) is 12.1 Å². The number of esters is 1. The lowest BCUT2D eigenvalue weighted by Crippen LogP contribution is -2.03. The molecular formula is C12H11O2. The molecule has 0 amide bonds. The minimum Gasteiger partial charge on any atom is -0.427 e. The van der Waals surface area contributed by atoms with Crippen LogP contribution in [0.15, 0.2) is 18.2 Å². The summed E-state index contributed by atoms with van der Waals surface area (Å²) >= 11 is 0. The van der Waals surface area contributed by atoms with Crippen LogP contribution in [0.4, 0.5) is 0 Å². The molecule has 0 unspecified atom stereocenters. The van der Waals surface area contributed by atoms with E-state index in [0.29, 0.717) is 5.75 Å². The highest BCUT2D eigenvalue weighted by molar-refractivity contribution is 5.69. The Labute approximate surface area is 83.2 Å². The van der Waals surface area contributed by atoms with Crippen LogP contribution in [0.5, 0.6) is 5.75 Å². The summed E-state index contributed by atoms with van der Waals surface area (Å²) in [4.78, 5) is 10.7. The van der Waals surface area contributed by atoms with Gasteiger partial charge in [0.1, 0.15) is 5.75 Å². The van der Waals surface area contributed by atoms with E-state index in [2.05, 4.69) is 6.08 Å². The molecule has 0 aromatic heterocycles. The first-order valence-corrected chi connectivity index (χ1v) is 4.63. The Hall–Kier alpha value is -1.57. The van der Waals surface area contributed by atoms with Crippen molar-refractivity contribution in [2.24, 2.45) is 0 Å². The molecule has 1 aliphatic rings. The molecule has 1 aromatic carbocycles. The molecule has 0 bridgehead atoms. The van der Waals surface area contributed by atoms with Crippen molar-refractivity contribution < 1.29 is 9.53 Å². The lowest BCUT2D eigenvalue weighted by atomic mass is 9.97. The molecule has 71 valence electrons. The quantitative estimate of drug-likeness (QED) is 0.498. The zero-order valence-corrected chi connectivity index (χ0v) is 8.04. The third kappa shape index (κ3) is 1.84. The first-order chi connectivity index (χ1) is 6.75. The largest absolute Gasteiger partial charge is 0.427 e. The number of hydrogen-bond acceptors (Lipinski definition) is 2. The van der Waals surface area contributed by atoms with Crippen LogP contribution >= 0.6 is 0 Å². The Morgan fingerprint density at radius 1 is 1.50 bits per heavy atom. The topological polar surface area (TPSA) is 26.3 Å². The van der Waals surface area contributed by atoms with Crippen LogP contribution in [0.25, 0.3) is 6.08 Å². The Balaban J connectivity index is 2.30. The normalized spacial score (nSPS) is 13.5. The van der Waals surface area contributed by atoms with Crippen LogP contribution in [0.2, 0.25) is 0 Å². The summed E-state index contributed by atoms with van der Waals surface area (Å²) < 4.78 is 5.01. The minimum absolute atomic E-state index is 0.275. The summed E-state index contributed by atoms with van der Waals surface area (Å²) in [6.07, 6.45) is 7.07. The van der Waals surface area contributed by atoms with Gasteiger partial charge in [0.15, 0.2) is 0 Å². The summed E-state index contributed by atoms with van der Waals surface area (Å²) in [6.45, 7) is 1.41. The Morgan fingerprint density at radius 3 is 3.14 bits per heavy atom. The second kappa shape index (κ2) is 3.66. The van der Waals surface area contributed by atoms with E-state index in [-0.39, 0.29) is 5.97 Å².